The largest absolute Gasteiger partial charge is 0.481 e. The molecule has 4 aromatic carbocycles. The highest BCUT2D eigenvalue weighted by molar-refractivity contribution is 6.39. The molecular formula is C50H74Cl4N2O10. The zero-order valence-electron chi connectivity index (χ0n) is 39.6. The first-order chi connectivity index (χ1) is 31.8. The van der Waals surface area contributed by atoms with Crippen molar-refractivity contribution in [3.8, 4) is 0 Å². The number of hydrogen-bond acceptors (Lipinski definition) is 11. The lowest BCUT2D eigenvalue weighted by Crippen LogP contribution is -2.10. The van der Waals surface area contributed by atoms with Gasteiger partial charge in [0.05, 0.1) is 57.5 Å². The Morgan fingerprint density at radius 2 is 0.818 bits per heavy atom. The lowest BCUT2D eigenvalue weighted by molar-refractivity contribution is -0.150. The van der Waals surface area contributed by atoms with Crippen LogP contribution in [0.2, 0.25) is 20.1 Å². The Hall–Kier alpha value is -3.66. The number of carboxylic acids is 1. The first-order valence-corrected chi connectivity index (χ1v) is 23.9. The molecule has 0 saturated heterocycles. The summed E-state index contributed by atoms with van der Waals surface area (Å²) in [5.74, 6) is -1.41. The second-order valence-electron chi connectivity index (χ2n) is 13.8. The Labute approximate surface area is 413 Å². The lowest BCUT2D eigenvalue weighted by Gasteiger charge is -2.14. The number of para-hydroxylation sites is 4. The van der Waals surface area contributed by atoms with Crippen LogP contribution in [-0.4, -0.2) is 85.6 Å². The van der Waals surface area contributed by atoms with Gasteiger partial charge in [-0.25, -0.2) is 0 Å². The molecule has 4 aromatic rings. The summed E-state index contributed by atoms with van der Waals surface area (Å²) in [7, 11) is 0. The van der Waals surface area contributed by atoms with Crippen molar-refractivity contribution in [3.63, 3.8) is 0 Å². The maximum absolute atomic E-state index is 11.5. The zero-order valence-corrected chi connectivity index (χ0v) is 42.6. The van der Waals surface area contributed by atoms with Crippen molar-refractivity contribution in [2.24, 2.45) is 0 Å². The molecule has 4 rings (SSSR count). The summed E-state index contributed by atoms with van der Waals surface area (Å²) in [6.07, 6.45) is 9.97. The number of anilines is 4. The van der Waals surface area contributed by atoms with E-state index in [9.17, 15) is 9.59 Å². The molecule has 0 unspecified atom stereocenters. The molecule has 0 aromatic heterocycles. The first kappa shape index (κ1) is 64.4. The van der Waals surface area contributed by atoms with Gasteiger partial charge in [0.15, 0.2) is 6.79 Å². The summed E-state index contributed by atoms with van der Waals surface area (Å²) in [5.41, 5.74) is 3.91. The van der Waals surface area contributed by atoms with Gasteiger partial charge in [-0.1, -0.05) is 162 Å². The lowest BCUT2D eigenvalue weighted by atomic mass is 10.1. The molecule has 0 aliphatic rings. The van der Waals surface area contributed by atoms with Gasteiger partial charge in [0.1, 0.15) is 6.79 Å². The number of aliphatic carboxylic acids is 1. The van der Waals surface area contributed by atoms with Crippen molar-refractivity contribution < 1.29 is 49.0 Å². The molecule has 0 fully saturated rings. The number of hydrogen-bond donors (Lipinski definition) is 6. The second kappa shape index (κ2) is 45.1. The van der Waals surface area contributed by atoms with E-state index < -0.39 is 25.5 Å². The molecule has 16 heteroatoms. The van der Waals surface area contributed by atoms with Crippen LogP contribution in [0.4, 0.5) is 22.7 Å². The number of rotatable bonds is 23. The van der Waals surface area contributed by atoms with Gasteiger partial charge in [-0.15, -0.1) is 0 Å². The Kier molecular flexibility index (Phi) is 44.1. The number of aliphatic hydroxyl groups is 3. The Morgan fingerprint density at radius 1 is 0.485 bits per heavy atom. The van der Waals surface area contributed by atoms with Crippen LogP contribution in [0.5, 0.6) is 0 Å². The molecule has 6 N–H and O–H groups in total. The molecular weight excluding hydrogens is 930 g/mol. The van der Waals surface area contributed by atoms with Gasteiger partial charge in [0, 0.05) is 37.8 Å². The minimum absolute atomic E-state index is 0.0335. The summed E-state index contributed by atoms with van der Waals surface area (Å²) >= 11 is 24.4. The summed E-state index contributed by atoms with van der Waals surface area (Å²) in [4.78, 5) is 22.3. The smallest absolute Gasteiger partial charge is 0.312 e. The zero-order chi connectivity index (χ0) is 49.8. The van der Waals surface area contributed by atoms with E-state index in [1.807, 2.05) is 12.1 Å². The fraction of sp³-hybridized carbons (Fsp3) is 0.480. The number of benzene rings is 4. The van der Waals surface area contributed by atoms with Crippen LogP contribution in [0.25, 0.3) is 0 Å². The number of carbonyl (C=O) groups excluding carboxylic acids is 1. The van der Waals surface area contributed by atoms with E-state index in [-0.39, 0.29) is 12.8 Å². The maximum atomic E-state index is 11.5. The number of halogens is 4. The highest BCUT2D eigenvalue weighted by Gasteiger charge is 2.12. The summed E-state index contributed by atoms with van der Waals surface area (Å²) in [6, 6.07) is 24.7. The molecule has 0 radical (unpaired) electrons. The normalized spacial score (nSPS) is 9.83. The van der Waals surface area contributed by atoms with E-state index in [2.05, 4.69) is 56.9 Å². The quantitative estimate of drug-likeness (QED) is 0.0236. The van der Waals surface area contributed by atoms with Gasteiger partial charge in [-0.05, 0) is 73.2 Å². The van der Waals surface area contributed by atoms with Crippen LogP contribution in [0.1, 0.15) is 104 Å². The first-order valence-electron chi connectivity index (χ1n) is 22.4. The third-order valence-corrected chi connectivity index (χ3v) is 9.36. The Balaban J connectivity index is 0. The molecule has 0 saturated carbocycles. The topological polar surface area (TPSA) is 176 Å². The molecule has 0 aliphatic carbocycles. The van der Waals surface area contributed by atoms with Gasteiger partial charge in [-0.3, -0.25) is 9.59 Å². The average Bonchev–Trinajstić information content (AvgIpc) is 3.29. The third kappa shape index (κ3) is 33.8. The van der Waals surface area contributed by atoms with E-state index in [1.165, 1.54) is 25.7 Å². The fourth-order valence-electron chi connectivity index (χ4n) is 5.04. The van der Waals surface area contributed by atoms with Crippen LogP contribution in [0, 0.1) is 0 Å². The van der Waals surface area contributed by atoms with Crippen molar-refractivity contribution in [3.05, 3.63) is 116 Å². The molecule has 0 aliphatic heterocycles. The molecule has 0 amide bonds. The minimum atomic E-state index is -0.889. The van der Waals surface area contributed by atoms with Crippen LogP contribution in [0.3, 0.4) is 0 Å². The maximum Gasteiger partial charge on any atom is 0.312 e. The van der Waals surface area contributed by atoms with Gasteiger partial charge < -0.3 is 50.0 Å². The van der Waals surface area contributed by atoms with Crippen LogP contribution in [-0.2, 0) is 41.4 Å². The minimum Gasteiger partial charge on any atom is -0.481 e. The molecule has 0 spiro atoms. The highest BCUT2D eigenvalue weighted by Crippen LogP contribution is 2.35. The van der Waals surface area contributed by atoms with E-state index in [4.69, 9.17) is 81.0 Å². The number of aliphatic hydroxyl groups excluding tert-OH is 2. The number of ether oxygens (including phenoxy) is 4. The molecule has 0 bridgehead atoms. The van der Waals surface area contributed by atoms with Gasteiger partial charge >= 0.3 is 11.9 Å². The van der Waals surface area contributed by atoms with Crippen molar-refractivity contribution in [2.45, 2.75) is 106 Å². The Morgan fingerprint density at radius 3 is 1.14 bits per heavy atom. The monoisotopic (exact) mass is 1000 g/mol. The SMILES string of the molecule is CCCCCC.CCCOCCC.CCCOCCOCCC.O=C(Cc1ccccc1Nc1c(Cl)cccc1Cl)OCO.O=C(O)Cc1ccccc1Nc1c(Cl)cccc1Cl.OCO. The van der Waals surface area contributed by atoms with Gasteiger partial charge in [-0.2, -0.15) is 0 Å². The number of carboxylic acid groups (broad SMARTS) is 1. The molecule has 0 heterocycles. The van der Waals surface area contributed by atoms with Crippen molar-refractivity contribution in [2.75, 3.05) is 63.9 Å². The number of carbonyl (C=O) groups is 2. The summed E-state index contributed by atoms with van der Waals surface area (Å²) in [5, 5.41) is 39.9. The number of nitrogens with one attached hydrogen (secondary N) is 2. The van der Waals surface area contributed by atoms with Crippen molar-refractivity contribution in [1.29, 1.82) is 0 Å². The van der Waals surface area contributed by atoms with E-state index in [0.717, 1.165) is 65.3 Å². The predicted molar refractivity (Wildman–Crippen MR) is 273 cm³/mol. The Bertz CT molecular complexity index is 1750. The van der Waals surface area contributed by atoms with E-state index in [0.29, 0.717) is 54.0 Å². The summed E-state index contributed by atoms with van der Waals surface area (Å²) < 4.78 is 20.1. The highest BCUT2D eigenvalue weighted by atomic mass is 35.5. The fourth-order valence-corrected chi connectivity index (χ4v) is 6.02. The average molecular weight is 1000 g/mol. The molecule has 372 valence electrons. The van der Waals surface area contributed by atoms with Crippen molar-refractivity contribution >= 4 is 81.1 Å². The van der Waals surface area contributed by atoms with E-state index in [1.54, 1.807) is 72.8 Å². The number of esters is 1. The van der Waals surface area contributed by atoms with Gasteiger partial charge in [0.2, 0.25) is 0 Å². The molecule has 66 heavy (non-hydrogen) atoms. The van der Waals surface area contributed by atoms with Crippen LogP contribution in [0.15, 0.2) is 84.9 Å². The van der Waals surface area contributed by atoms with Crippen LogP contribution < -0.4 is 10.6 Å². The predicted octanol–water partition coefficient (Wildman–Crippen LogP) is 13.3. The summed E-state index contributed by atoms with van der Waals surface area (Å²) in [6.45, 7) is 16.6. The van der Waals surface area contributed by atoms with E-state index >= 15 is 0 Å². The third-order valence-electron chi connectivity index (χ3n) is 8.10. The number of unbranched alkanes of at least 4 members (excludes halogenated alkanes) is 3. The second-order valence-corrected chi connectivity index (χ2v) is 15.5. The molecule has 0 atom stereocenters. The van der Waals surface area contributed by atoms with Crippen molar-refractivity contribution in [1.82, 2.24) is 0 Å². The molecule has 12 nitrogen and oxygen atoms in total. The van der Waals surface area contributed by atoms with Crippen LogP contribution >= 0.6 is 46.4 Å². The van der Waals surface area contributed by atoms with Gasteiger partial charge in [0.25, 0.3) is 0 Å². The standard InChI is InChI=1S/C15H13Cl2NO3.C14H11Cl2NO2.C8H18O2.C6H14O.C6H14.CH4O2/c16-11-5-3-6-12(17)15(11)18-13-7-2-1-4-10(13)8-14(20)21-9-19;15-10-5-3-6-11(16)14(10)17-12-7-2-1-4-9(12)8-13(18)19;1-3-5-9-7-8-10-6-4-2;1-3-5-7-6-4-2;1-3-5-6-4-2;2-1-3/h1-7,18-19H,8-9H2;1-7,17H,8H2,(H,18,19);3-8H2,1-2H3;3-6H2,1-2H3;3-6H2,1-2H3;2-3H,1H2.